The number of rotatable bonds is 6. The number of benzene rings is 1. The molecule has 5 heterocycles. The van der Waals surface area contributed by atoms with Crippen LogP contribution < -0.4 is 10.1 Å². The van der Waals surface area contributed by atoms with E-state index >= 15 is 4.39 Å². The number of nitrogens with zero attached hydrogens (tertiary/aromatic N) is 7. The smallest absolute Gasteiger partial charge is 0.247 e. The molecule has 2 N–H and O–H groups in total. The fourth-order valence-corrected chi connectivity index (χ4v) is 5.63. The molecule has 2 amide bonds. The number of hydrogen-bond donors (Lipinski definition) is 2. The Morgan fingerprint density at radius 3 is 2.85 bits per heavy atom. The van der Waals surface area contributed by atoms with Gasteiger partial charge >= 0.3 is 0 Å². The average molecular weight is 564 g/mol. The molecule has 14 heteroatoms. The van der Waals surface area contributed by atoms with Crippen LogP contribution in [0.2, 0.25) is 5.02 Å². The van der Waals surface area contributed by atoms with E-state index in [2.05, 4.69) is 35.8 Å². The van der Waals surface area contributed by atoms with Crippen LogP contribution in [0.4, 0.5) is 10.2 Å². The molecular weight excluding hydrogens is 541 g/mol. The minimum atomic E-state index is -0.627. The number of ether oxygens (including phenoxy) is 1. The maximum Gasteiger partial charge on any atom is 0.247 e. The first-order valence-corrected chi connectivity index (χ1v) is 12.8. The van der Waals surface area contributed by atoms with Gasteiger partial charge in [-0.15, -0.1) is 5.10 Å². The zero-order valence-electron chi connectivity index (χ0n) is 21.4. The van der Waals surface area contributed by atoms with Crippen molar-refractivity contribution < 1.29 is 18.7 Å². The third kappa shape index (κ3) is 4.37. The summed E-state index contributed by atoms with van der Waals surface area (Å²) in [6, 6.07) is 4.36. The number of aromatic amines is 1. The Kier molecular flexibility index (Phi) is 6.50. The summed E-state index contributed by atoms with van der Waals surface area (Å²) in [6.07, 6.45) is 7.85. The molecule has 2 aliphatic rings. The van der Waals surface area contributed by atoms with E-state index in [1.165, 1.54) is 37.2 Å². The number of aromatic nitrogens is 7. The molecule has 2 aliphatic heterocycles. The van der Waals surface area contributed by atoms with Crippen LogP contribution in [-0.2, 0) is 9.59 Å². The Balaban J connectivity index is 1.31. The molecular formula is C26H23ClFN9O3. The van der Waals surface area contributed by atoms with E-state index in [0.717, 1.165) is 0 Å². The maximum absolute atomic E-state index is 15.3. The second kappa shape index (κ2) is 10.2. The van der Waals surface area contributed by atoms with Crippen LogP contribution in [0.5, 0.6) is 5.75 Å². The molecule has 2 atom stereocenters. The second-order valence-corrected chi connectivity index (χ2v) is 9.89. The zero-order chi connectivity index (χ0) is 28.0. The number of hydrogen-bond acceptors (Lipinski definition) is 8. The number of nitrogens with one attached hydrogen (secondary N) is 2. The molecule has 0 aliphatic carbocycles. The molecule has 1 fully saturated rings. The molecule has 4 aromatic rings. The number of methoxy groups -OCH3 is 1. The molecule has 40 heavy (non-hydrogen) atoms. The van der Waals surface area contributed by atoms with Gasteiger partial charge in [0.1, 0.15) is 12.2 Å². The number of pyridine rings is 1. The largest absolute Gasteiger partial charge is 0.492 e. The Morgan fingerprint density at radius 2 is 2.10 bits per heavy atom. The summed E-state index contributed by atoms with van der Waals surface area (Å²) in [5.41, 5.74) is 2.45. The van der Waals surface area contributed by atoms with Gasteiger partial charge < -0.3 is 19.9 Å². The van der Waals surface area contributed by atoms with Gasteiger partial charge in [0.25, 0.3) is 0 Å². The number of halogens is 2. The molecule has 1 saturated heterocycles. The van der Waals surface area contributed by atoms with E-state index in [-0.39, 0.29) is 34.5 Å². The van der Waals surface area contributed by atoms with E-state index in [0.29, 0.717) is 59.2 Å². The molecule has 0 spiro atoms. The van der Waals surface area contributed by atoms with Gasteiger partial charge in [-0.25, -0.2) is 14.4 Å². The standard InChI is InChI=1S/C26H23ClFN9O3/c1-13(38)32-26-24(40-2)16(7-8-29-26)18-11-30-25(33-18)20-5-3-15-9-14(10-21(39)37(15)20)22-19(36-12-31-34-35-36)6-4-17(27)23(22)28/h4,6-8,10-12,15,20H,3,5,9H2,1-2H3,(H,30,33)(H,29,32,38)/t15-,20?/m0/s1. The van der Waals surface area contributed by atoms with E-state index in [1.807, 2.05) is 0 Å². The molecule has 0 radical (unpaired) electrons. The van der Waals surface area contributed by atoms with E-state index < -0.39 is 5.82 Å². The fraction of sp³-hybridized carbons (Fsp3) is 0.269. The van der Waals surface area contributed by atoms with Gasteiger partial charge in [0.2, 0.25) is 11.8 Å². The van der Waals surface area contributed by atoms with Crippen molar-refractivity contribution >= 4 is 34.8 Å². The third-order valence-electron chi connectivity index (χ3n) is 7.10. The van der Waals surface area contributed by atoms with Gasteiger partial charge in [-0.3, -0.25) is 9.59 Å². The molecule has 204 valence electrons. The minimum absolute atomic E-state index is 0.0526. The number of imidazole rings is 1. The number of fused-ring (bicyclic) bond motifs is 1. The molecule has 12 nitrogen and oxygen atoms in total. The van der Waals surface area contributed by atoms with Crippen LogP contribution in [0.15, 0.2) is 43.0 Å². The number of H-pyrrole nitrogens is 1. The Bertz CT molecular complexity index is 1650. The van der Waals surface area contributed by atoms with Crippen molar-refractivity contribution in [3.63, 3.8) is 0 Å². The van der Waals surface area contributed by atoms with Crippen molar-refractivity contribution in [2.24, 2.45) is 0 Å². The van der Waals surface area contributed by atoms with Gasteiger partial charge in [-0.1, -0.05) is 11.6 Å². The highest BCUT2D eigenvalue weighted by Gasteiger charge is 2.42. The Labute approximate surface area is 232 Å². The van der Waals surface area contributed by atoms with Gasteiger partial charge in [0.05, 0.1) is 35.8 Å². The number of anilines is 1. The summed E-state index contributed by atoms with van der Waals surface area (Å²) in [5, 5.41) is 13.8. The normalized spacial score (nSPS) is 18.4. The highest BCUT2D eigenvalue weighted by Crippen LogP contribution is 2.44. The first-order chi connectivity index (χ1) is 19.4. The van der Waals surface area contributed by atoms with Gasteiger partial charge in [-0.2, -0.15) is 4.68 Å². The lowest BCUT2D eigenvalue weighted by Crippen LogP contribution is -2.39. The van der Waals surface area contributed by atoms with E-state index in [4.69, 9.17) is 16.3 Å². The number of amides is 2. The average Bonchev–Trinajstić information content (AvgIpc) is 3.70. The number of tetrazole rings is 1. The van der Waals surface area contributed by atoms with E-state index in [1.54, 1.807) is 29.4 Å². The topological polar surface area (TPSA) is 144 Å². The maximum atomic E-state index is 15.3. The summed E-state index contributed by atoms with van der Waals surface area (Å²) >= 11 is 6.12. The van der Waals surface area contributed by atoms with Crippen molar-refractivity contribution in [2.45, 2.75) is 38.3 Å². The van der Waals surface area contributed by atoms with Crippen molar-refractivity contribution in [3.8, 4) is 22.7 Å². The molecule has 0 bridgehead atoms. The van der Waals surface area contributed by atoms with Crippen molar-refractivity contribution in [1.82, 2.24) is 40.1 Å². The first kappa shape index (κ1) is 25.6. The van der Waals surface area contributed by atoms with Crippen LogP contribution >= 0.6 is 11.6 Å². The summed E-state index contributed by atoms with van der Waals surface area (Å²) in [5.74, 6) is 0.152. The number of carbonyl (C=O) groups excluding carboxylic acids is 2. The van der Waals surface area contributed by atoms with Gasteiger partial charge in [0.15, 0.2) is 17.4 Å². The highest BCUT2D eigenvalue weighted by molar-refractivity contribution is 6.31. The number of carbonyl (C=O) groups is 2. The molecule has 1 aromatic carbocycles. The Morgan fingerprint density at radius 1 is 1.25 bits per heavy atom. The van der Waals surface area contributed by atoms with Crippen LogP contribution in [0.1, 0.15) is 43.6 Å². The van der Waals surface area contributed by atoms with Crippen LogP contribution in [0, 0.1) is 5.82 Å². The van der Waals surface area contributed by atoms with Crippen molar-refractivity contribution in [3.05, 3.63) is 65.2 Å². The van der Waals surface area contributed by atoms with Crippen LogP contribution in [-0.4, -0.2) is 65.0 Å². The summed E-state index contributed by atoms with van der Waals surface area (Å²) in [7, 11) is 1.49. The summed E-state index contributed by atoms with van der Waals surface area (Å²) in [6.45, 7) is 1.39. The quantitative estimate of drug-likeness (QED) is 0.361. The van der Waals surface area contributed by atoms with Crippen molar-refractivity contribution in [1.29, 1.82) is 0 Å². The molecule has 0 saturated carbocycles. The molecule has 1 unspecified atom stereocenters. The van der Waals surface area contributed by atoms with Gasteiger partial charge in [-0.05, 0) is 53.5 Å². The predicted molar refractivity (Wildman–Crippen MR) is 142 cm³/mol. The van der Waals surface area contributed by atoms with Crippen LogP contribution in [0.25, 0.3) is 22.5 Å². The zero-order valence-corrected chi connectivity index (χ0v) is 22.2. The fourth-order valence-electron chi connectivity index (χ4n) is 5.47. The highest BCUT2D eigenvalue weighted by atomic mass is 35.5. The van der Waals surface area contributed by atoms with Crippen molar-refractivity contribution in [2.75, 3.05) is 12.4 Å². The monoisotopic (exact) mass is 563 g/mol. The SMILES string of the molecule is COc1c(-c2cnc(C3CC[C@H]4CC(c5c(-n6cnnn6)ccc(Cl)c5F)=CC(=O)N34)[nH]2)ccnc1NC(C)=O. The Hall–Kier alpha value is -4.65. The minimum Gasteiger partial charge on any atom is -0.492 e. The lowest BCUT2D eigenvalue weighted by atomic mass is 9.92. The molecule has 3 aromatic heterocycles. The summed E-state index contributed by atoms with van der Waals surface area (Å²) in [4.78, 5) is 39.0. The summed E-state index contributed by atoms with van der Waals surface area (Å²) < 4.78 is 22.2. The second-order valence-electron chi connectivity index (χ2n) is 9.48. The lowest BCUT2D eigenvalue weighted by Gasteiger charge is -2.33. The predicted octanol–water partition coefficient (Wildman–Crippen LogP) is 3.73. The van der Waals surface area contributed by atoms with E-state index in [9.17, 15) is 9.59 Å². The third-order valence-corrected chi connectivity index (χ3v) is 7.40. The van der Waals surface area contributed by atoms with Crippen LogP contribution in [0.3, 0.4) is 0 Å². The van der Waals surface area contributed by atoms with Gasteiger partial charge in [0, 0.05) is 36.4 Å². The first-order valence-electron chi connectivity index (χ1n) is 12.5. The molecule has 6 rings (SSSR count). The lowest BCUT2D eigenvalue weighted by molar-refractivity contribution is -0.129.